The largest absolute Gasteiger partial charge is 0.493 e. The molecule has 21 heavy (non-hydrogen) atoms. The molecule has 0 spiro atoms. The smallest absolute Gasteiger partial charge is 0.162 e. The van der Waals surface area contributed by atoms with Crippen LogP contribution in [0.15, 0.2) is 42.5 Å². The molecule has 0 saturated carbocycles. The molecule has 0 aliphatic carbocycles. The Morgan fingerprint density at radius 1 is 1.05 bits per heavy atom. The van der Waals surface area contributed by atoms with Crippen molar-refractivity contribution in [3.63, 3.8) is 0 Å². The Balaban J connectivity index is 2.00. The van der Waals surface area contributed by atoms with Gasteiger partial charge in [0.2, 0.25) is 0 Å². The number of anilines is 1. The molecule has 0 saturated heterocycles. The van der Waals surface area contributed by atoms with Gasteiger partial charge in [-0.05, 0) is 29.8 Å². The first kappa shape index (κ1) is 15.1. The monoisotopic (exact) mass is 291 g/mol. The van der Waals surface area contributed by atoms with E-state index in [2.05, 4.69) is 5.32 Å². The van der Waals surface area contributed by atoms with Gasteiger partial charge in [0.1, 0.15) is 5.82 Å². The van der Waals surface area contributed by atoms with Crippen LogP contribution in [-0.4, -0.2) is 25.9 Å². The normalized spacial score (nSPS) is 11.8. The third-order valence-corrected chi connectivity index (χ3v) is 3.14. The molecule has 112 valence electrons. The molecule has 2 aromatic carbocycles. The van der Waals surface area contributed by atoms with E-state index in [0.717, 1.165) is 5.69 Å². The molecule has 0 radical (unpaired) electrons. The summed E-state index contributed by atoms with van der Waals surface area (Å²) >= 11 is 0. The predicted octanol–water partition coefficient (Wildman–Crippen LogP) is 2.99. The van der Waals surface area contributed by atoms with Crippen molar-refractivity contribution in [1.29, 1.82) is 0 Å². The molecule has 2 rings (SSSR count). The Bertz CT molecular complexity index is 587. The molecule has 0 aliphatic rings. The predicted molar refractivity (Wildman–Crippen MR) is 79.4 cm³/mol. The third-order valence-electron chi connectivity index (χ3n) is 3.14. The molecule has 2 aromatic rings. The van der Waals surface area contributed by atoms with Crippen LogP contribution < -0.4 is 14.8 Å². The summed E-state index contributed by atoms with van der Waals surface area (Å²) in [5.41, 5.74) is 1.46. The van der Waals surface area contributed by atoms with Crippen molar-refractivity contribution in [2.75, 3.05) is 26.1 Å². The summed E-state index contributed by atoms with van der Waals surface area (Å²) in [5, 5.41) is 13.2. The first-order valence-corrected chi connectivity index (χ1v) is 6.53. The molecule has 0 heterocycles. The van der Waals surface area contributed by atoms with Gasteiger partial charge in [-0.3, -0.25) is 0 Å². The first-order valence-electron chi connectivity index (χ1n) is 6.53. The average molecular weight is 291 g/mol. The van der Waals surface area contributed by atoms with Crippen LogP contribution in [0.1, 0.15) is 11.7 Å². The Hall–Kier alpha value is -2.27. The van der Waals surface area contributed by atoms with Crippen LogP contribution in [0.25, 0.3) is 0 Å². The van der Waals surface area contributed by atoms with E-state index in [1.807, 2.05) is 6.07 Å². The third kappa shape index (κ3) is 3.86. The number of benzene rings is 2. The van der Waals surface area contributed by atoms with Gasteiger partial charge in [0.15, 0.2) is 11.5 Å². The van der Waals surface area contributed by atoms with Gasteiger partial charge in [-0.1, -0.05) is 12.1 Å². The minimum Gasteiger partial charge on any atom is -0.493 e. The summed E-state index contributed by atoms with van der Waals surface area (Å²) in [6.45, 7) is 0.307. The molecule has 4 nitrogen and oxygen atoms in total. The number of ether oxygens (including phenoxy) is 2. The number of methoxy groups -OCH3 is 2. The second-order valence-electron chi connectivity index (χ2n) is 4.52. The van der Waals surface area contributed by atoms with E-state index in [4.69, 9.17) is 9.47 Å². The van der Waals surface area contributed by atoms with Gasteiger partial charge in [-0.2, -0.15) is 0 Å². The van der Waals surface area contributed by atoms with Crippen molar-refractivity contribution in [3.8, 4) is 11.5 Å². The summed E-state index contributed by atoms with van der Waals surface area (Å²) in [5.74, 6) is 0.930. The Morgan fingerprint density at radius 3 is 2.33 bits per heavy atom. The van der Waals surface area contributed by atoms with Gasteiger partial charge in [0.25, 0.3) is 0 Å². The van der Waals surface area contributed by atoms with Crippen LogP contribution >= 0.6 is 0 Å². The van der Waals surface area contributed by atoms with Crippen molar-refractivity contribution in [1.82, 2.24) is 0 Å². The second kappa shape index (κ2) is 6.95. The molecule has 0 bridgehead atoms. The van der Waals surface area contributed by atoms with E-state index in [1.54, 1.807) is 38.5 Å². The maximum absolute atomic E-state index is 12.8. The summed E-state index contributed by atoms with van der Waals surface area (Å²) in [7, 11) is 3.14. The van der Waals surface area contributed by atoms with Crippen LogP contribution in [0.2, 0.25) is 0 Å². The van der Waals surface area contributed by atoms with E-state index >= 15 is 0 Å². The number of hydrogen-bond donors (Lipinski definition) is 2. The highest BCUT2D eigenvalue weighted by Crippen LogP contribution is 2.30. The lowest BCUT2D eigenvalue weighted by atomic mass is 10.1. The summed E-state index contributed by atoms with van der Waals surface area (Å²) < 4.78 is 23.2. The molecular formula is C16H18FNO3. The molecule has 0 fully saturated rings. The second-order valence-corrected chi connectivity index (χ2v) is 4.52. The van der Waals surface area contributed by atoms with Crippen LogP contribution in [-0.2, 0) is 0 Å². The number of aliphatic hydroxyl groups excluding tert-OH is 1. The van der Waals surface area contributed by atoms with Gasteiger partial charge in [0.05, 0.1) is 20.3 Å². The fourth-order valence-electron chi connectivity index (χ4n) is 1.96. The Morgan fingerprint density at radius 2 is 1.71 bits per heavy atom. The van der Waals surface area contributed by atoms with E-state index < -0.39 is 6.10 Å². The van der Waals surface area contributed by atoms with Crippen molar-refractivity contribution in [3.05, 3.63) is 53.8 Å². The van der Waals surface area contributed by atoms with Crippen molar-refractivity contribution < 1.29 is 19.0 Å². The van der Waals surface area contributed by atoms with Crippen LogP contribution in [0.5, 0.6) is 11.5 Å². The maximum Gasteiger partial charge on any atom is 0.162 e. The SMILES string of the molecule is COc1ccc(NCC(O)c2ccc(F)cc2)cc1OC. The first-order chi connectivity index (χ1) is 10.1. The van der Waals surface area contributed by atoms with E-state index in [1.165, 1.54) is 12.1 Å². The van der Waals surface area contributed by atoms with Gasteiger partial charge >= 0.3 is 0 Å². The highest BCUT2D eigenvalue weighted by atomic mass is 19.1. The highest BCUT2D eigenvalue weighted by Gasteiger charge is 2.09. The van der Waals surface area contributed by atoms with Crippen molar-refractivity contribution >= 4 is 5.69 Å². The van der Waals surface area contributed by atoms with Crippen molar-refractivity contribution in [2.24, 2.45) is 0 Å². The van der Waals surface area contributed by atoms with Gasteiger partial charge in [-0.15, -0.1) is 0 Å². The van der Waals surface area contributed by atoms with Crippen LogP contribution in [0.3, 0.4) is 0 Å². The van der Waals surface area contributed by atoms with E-state index in [0.29, 0.717) is 23.6 Å². The van der Waals surface area contributed by atoms with Crippen LogP contribution in [0, 0.1) is 5.82 Å². The number of halogens is 1. The minimum absolute atomic E-state index is 0.307. The van der Waals surface area contributed by atoms with Gasteiger partial charge < -0.3 is 19.9 Å². The van der Waals surface area contributed by atoms with Crippen LogP contribution in [0.4, 0.5) is 10.1 Å². The topological polar surface area (TPSA) is 50.7 Å². The lowest BCUT2D eigenvalue weighted by molar-refractivity contribution is 0.191. The fraction of sp³-hybridized carbons (Fsp3) is 0.250. The molecule has 1 atom stereocenters. The van der Waals surface area contributed by atoms with E-state index in [-0.39, 0.29) is 5.82 Å². The lowest BCUT2D eigenvalue weighted by Crippen LogP contribution is -2.12. The number of aliphatic hydroxyl groups is 1. The standard InChI is InChI=1S/C16H18FNO3/c1-20-15-8-7-13(9-16(15)21-2)18-10-14(19)11-3-5-12(17)6-4-11/h3-9,14,18-19H,10H2,1-2H3. The van der Waals surface area contributed by atoms with Gasteiger partial charge in [-0.25, -0.2) is 4.39 Å². The van der Waals surface area contributed by atoms with Gasteiger partial charge in [0, 0.05) is 18.3 Å². The average Bonchev–Trinajstić information content (AvgIpc) is 2.52. The Kier molecular flexibility index (Phi) is 5.00. The number of nitrogens with one attached hydrogen (secondary N) is 1. The van der Waals surface area contributed by atoms with E-state index in [9.17, 15) is 9.50 Å². The lowest BCUT2D eigenvalue weighted by Gasteiger charge is -2.15. The number of rotatable bonds is 6. The molecular weight excluding hydrogens is 273 g/mol. The molecule has 5 heteroatoms. The Labute approximate surface area is 123 Å². The zero-order chi connectivity index (χ0) is 15.2. The fourth-order valence-corrected chi connectivity index (χ4v) is 1.96. The molecule has 0 amide bonds. The van der Waals surface area contributed by atoms with Crippen molar-refractivity contribution in [2.45, 2.75) is 6.10 Å². The highest BCUT2D eigenvalue weighted by molar-refractivity contribution is 5.54. The summed E-state index contributed by atoms with van der Waals surface area (Å²) in [6, 6.07) is 11.2. The molecule has 0 aromatic heterocycles. The maximum atomic E-state index is 12.8. The summed E-state index contributed by atoms with van der Waals surface area (Å²) in [4.78, 5) is 0. The summed E-state index contributed by atoms with van der Waals surface area (Å²) in [6.07, 6.45) is -0.723. The zero-order valence-electron chi connectivity index (χ0n) is 12.0. The minimum atomic E-state index is -0.723. The molecule has 1 unspecified atom stereocenters. The quantitative estimate of drug-likeness (QED) is 0.859. The molecule has 0 aliphatic heterocycles. The zero-order valence-corrected chi connectivity index (χ0v) is 12.0. The molecule has 2 N–H and O–H groups in total. The number of hydrogen-bond acceptors (Lipinski definition) is 4.